The molecular formula is C19H17N5O3S. The number of fused-ring (bicyclic) bond motifs is 1. The van der Waals surface area contributed by atoms with Crippen molar-refractivity contribution in [3.8, 4) is 10.4 Å². The predicted molar refractivity (Wildman–Crippen MR) is 109 cm³/mol. The number of nitrogens with zero attached hydrogens (tertiary/aromatic N) is 4. The molecule has 0 unspecified atom stereocenters. The van der Waals surface area contributed by atoms with Gasteiger partial charge < -0.3 is 9.88 Å². The molecular weight excluding hydrogens is 378 g/mol. The zero-order valence-electron chi connectivity index (χ0n) is 15.2. The number of rotatable bonds is 4. The van der Waals surface area contributed by atoms with Gasteiger partial charge >= 0.3 is 5.69 Å². The Morgan fingerprint density at radius 1 is 1.11 bits per heavy atom. The van der Waals surface area contributed by atoms with E-state index in [-0.39, 0.29) is 23.6 Å². The van der Waals surface area contributed by atoms with Crippen molar-refractivity contribution < 1.29 is 4.79 Å². The van der Waals surface area contributed by atoms with Crippen LogP contribution >= 0.6 is 11.3 Å². The van der Waals surface area contributed by atoms with Gasteiger partial charge in [0.15, 0.2) is 11.2 Å². The molecule has 4 rings (SSSR count). The lowest BCUT2D eigenvalue weighted by Crippen LogP contribution is -2.37. The van der Waals surface area contributed by atoms with Gasteiger partial charge in [0.05, 0.1) is 6.33 Å². The lowest BCUT2D eigenvalue weighted by atomic mass is 10.1. The Kier molecular flexibility index (Phi) is 4.44. The maximum Gasteiger partial charge on any atom is 0.332 e. The summed E-state index contributed by atoms with van der Waals surface area (Å²) in [6.07, 6.45) is 1.40. The molecule has 0 aliphatic rings. The zero-order valence-corrected chi connectivity index (χ0v) is 16.1. The number of carbonyl (C=O) groups is 1. The Morgan fingerprint density at radius 2 is 1.89 bits per heavy atom. The quantitative estimate of drug-likeness (QED) is 0.570. The fourth-order valence-electron chi connectivity index (χ4n) is 3.10. The predicted octanol–water partition coefficient (Wildman–Crippen LogP) is 1.80. The number of imidazole rings is 1. The molecule has 0 saturated carbocycles. The minimum Gasteiger partial charge on any atom is -0.324 e. The molecule has 8 nitrogen and oxygen atoms in total. The molecule has 0 spiro atoms. The SMILES string of the molecule is Cn1c(=O)c2c(ncn2CC(=O)Nc2ccccc2-c2cccs2)n(C)c1=O. The minimum atomic E-state index is -0.484. The molecule has 1 amide bonds. The Labute approximate surface area is 163 Å². The number of para-hydroxylation sites is 1. The summed E-state index contributed by atoms with van der Waals surface area (Å²) in [6, 6.07) is 11.5. The number of nitrogens with one attached hydrogen (secondary N) is 1. The molecule has 3 heterocycles. The van der Waals surface area contributed by atoms with Gasteiger partial charge in [-0.3, -0.25) is 18.7 Å². The number of thiophene rings is 1. The van der Waals surface area contributed by atoms with Gasteiger partial charge in [-0.25, -0.2) is 9.78 Å². The van der Waals surface area contributed by atoms with Crippen molar-refractivity contribution >= 4 is 34.1 Å². The Bertz CT molecular complexity index is 1300. The first kappa shape index (κ1) is 17.9. The molecule has 0 atom stereocenters. The second-order valence-electron chi connectivity index (χ2n) is 6.32. The van der Waals surface area contributed by atoms with Crippen LogP contribution in [0.25, 0.3) is 21.6 Å². The van der Waals surface area contributed by atoms with E-state index in [1.807, 2.05) is 41.8 Å². The average molecular weight is 395 g/mol. The third-order valence-electron chi connectivity index (χ3n) is 4.52. The van der Waals surface area contributed by atoms with E-state index in [0.29, 0.717) is 5.69 Å². The van der Waals surface area contributed by atoms with Gasteiger partial charge in [-0.05, 0) is 17.5 Å². The second kappa shape index (κ2) is 6.93. The van der Waals surface area contributed by atoms with Crippen molar-refractivity contribution in [2.24, 2.45) is 14.1 Å². The van der Waals surface area contributed by atoms with Gasteiger partial charge in [0.2, 0.25) is 5.91 Å². The summed E-state index contributed by atoms with van der Waals surface area (Å²) < 4.78 is 3.75. The highest BCUT2D eigenvalue weighted by atomic mass is 32.1. The van der Waals surface area contributed by atoms with Crippen molar-refractivity contribution in [3.63, 3.8) is 0 Å². The van der Waals surface area contributed by atoms with Crippen molar-refractivity contribution in [1.82, 2.24) is 18.7 Å². The smallest absolute Gasteiger partial charge is 0.324 e. The van der Waals surface area contributed by atoms with Gasteiger partial charge in [-0.2, -0.15) is 0 Å². The highest BCUT2D eigenvalue weighted by molar-refractivity contribution is 7.13. The molecule has 1 aromatic carbocycles. The molecule has 0 aliphatic heterocycles. The largest absolute Gasteiger partial charge is 0.332 e. The highest BCUT2D eigenvalue weighted by Crippen LogP contribution is 2.31. The van der Waals surface area contributed by atoms with Gasteiger partial charge in [-0.15, -0.1) is 11.3 Å². The van der Waals surface area contributed by atoms with E-state index < -0.39 is 11.2 Å². The monoisotopic (exact) mass is 395 g/mol. The lowest BCUT2D eigenvalue weighted by Gasteiger charge is -2.11. The maximum atomic E-state index is 12.7. The molecule has 0 bridgehead atoms. The van der Waals surface area contributed by atoms with Crippen LogP contribution in [0, 0.1) is 0 Å². The van der Waals surface area contributed by atoms with Crippen LogP contribution in [0.1, 0.15) is 0 Å². The molecule has 0 fully saturated rings. The molecule has 0 saturated heterocycles. The van der Waals surface area contributed by atoms with E-state index in [4.69, 9.17) is 0 Å². The van der Waals surface area contributed by atoms with Gasteiger partial charge in [0.25, 0.3) is 5.56 Å². The van der Waals surface area contributed by atoms with Crippen molar-refractivity contribution in [2.75, 3.05) is 5.32 Å². The molecule has 3 aromatic heterocycles. The molecule has 9 heteroatoms. The van der Waals surface area contributed by atoms with Crippen molar-refractivity contribution in [1.29, 1.82) is 0 Å². The van der Waals surface area contributed by atoms with E-state index in [1.54, 1.807) is 18.4 Å². The van der Waals surface area contributed by atoms with E-state index >= 15 is 0 Å². The van der Waals surface area contributed by atoms with Crippen LogP contribution in [0.3, 0.4) is 0 Å². The number of hydrogen-bond acceptors (Lipinski definition) is 5. The Morgan fingerprint density at radius 3 is 2.64 bits per heavy atom. The van der Waals surface area contributed by atoms with E-state index in [2.05, 4.69) is 10.3 Å². The summed E-state index contributed by atoms with van der Waals surface area (Å²) in [7, 11) is 2.94. The number of aryl methyl sites for hydroxylation is 1. The standard InChI is InChI=1S/C19H17N5O3S/c1-22-17-16(18(26)23(2)19(22)27)24(11-20-17)10-15(25)21-13-7-4-3-6-12(13)14-8-5-9-28-14/h3-9,11H,10H2,1-2H3,(H,21,25). The number of benzene rings is 1. The van der Waals surface area contributed by atoms with Crippen LogP contribution in [0.4, 0.5) is 5.69 Å². The molecule has 0 aliphatic carbocycles. The minimum absolute atomic E-state index is 0.0945. The normalized spacial score (nSPS) is 11.1. The molecule has 28 heavy (non-hydrogen) atoms. The third-order valence-corrected chi connectivity index (χ3v) is 5.42. The summed E-state index contributed by atoms with van der Waals surface area (Å²) in [4.78, 5) is 42.4. The fraction of sp³-hybridized carbons (Fsp3) is 0.158. The van der Waals surface area contributed by atoms with E-state index in [0.717, 1.165) is 15.0 Å². The first-order chi connectivity index (χ1) is 13.5. The lowest BCUT2D eigenvalue weighted by molar-refractivity contribution is -0.116. The number of aromatic nitrogens is 4. The first-order valence-electron chi connectivity index (χ1n) is 8.51. The van der Waals surface area contributed by atoms with Gasteiger partial charge in [0, 0.05) is 30.2 Å². The highest BCUT2D eigenvalue weighted by Gasteiger charge is 2.16. The molecule has 4 aromatic rings. The summed E-state index contributed by atoms with van der Waals surface area (Å²) >= 11 is 1.59. The van der Waals surface area contributed by atoms with Crippen LogP contribution in [0.5, 0.6) is 0 Å². The average Bonchev–Trinajstić information content (AvgIpc) is 3.35. The van der Waals surface area contributed by atoms with E-state index in [9.17, 15) is 14.4 Å². The Hall–Kier alpha value is -3.46. The maximum absolute atomic E-state index is 12.7. The molecule has 1 N–H and O–H groups in total. The van der Waals surface area contributed by atoms with Gasteiger partial charge in [0.1, 0.15) is 6.54 Å². The zero-order chi connectivity index (χ0) is 19.8. The summed E-state index contributed by atoms with van der Waals surface area (Å²) in [6.45, 7) is -0.0945. The third kappa shape index (κ3) is 2.95. The van der Waals surface area contributed by atoms with E-state index in [1.165, 1.54) is 22.5 Å². The number of carbonyl (C=O) groups excluding carboxylic acids is 1. The first-order valence-corrected chi connectivity index (χ1v) is 9.39. The Balaban J connectivity index is 1.66. The number of hydrogen-bond donors (Lipinski definition) is 1. The van der Waals surface area contributed by atoms with Crippen LogP contribution in [0.2, 0.25) is 0 Å². The van der Waals surface area contributed by atoms with Crippen molar-refractivity contribution in [2.45, 2.75) is 6.54 Å². The second-order valence-corrected chi connectivity index (χ2v) is 7.27. The summed E-state index contributed by atoms with van der Waals surface area (Å²) in [5.41, 5.74) is 1.14. The van der Waals surface area contributed by atoms with Gasteiger partial charge in [-0.1, -0.05) is 24.3 Å². The number of amides is 1. The molecule has 142 valence electrons. The summed E-state index contributed by atoms with van der Waals surface area (Å²) in [5, 5.41) is 4.88. The number of anilines is 1. The van der Waals surface area contributed by atoms with Crippen LogP contribution in [-0.2, 0) is 25.4 Å². The van der Waals surface area contributed by atoms with Crippen molar-refractivity contribution in [3.05, 3.63) is 68.9 Å². The van der Waals surface area contributed by atoms with Crippen LogP contribution in [0.15, 0.2) is 57.7 Å². The van der Waals surface area contributed by atoms with Crippen LogP contribution < -0.4 is 16.6 Å². The molecule has 0 radical (unpaired) electrons. The topological polar surface area (TPSA) is 90.9 Å². The summed E-state index contributed by atoms with van der Waals surface area (Å²) in [5.74, 6) is -0.292. The van der Waals surface area contributed by atoms with Crippen LogP contribution in [-0.4, -0.2) is 24.6 Å². The fourth-order valence-corrected chi connectivity index (χ4v) is 3.87.